The number of carbonyl (C=O) groups excluding carboxylic acids is 2. The molecule has 1 atom stereocenters. The summed E-state index contributed by atoms with van der Waals surface area (Å²) >= 11 is 1.60. The molecule has 1 aliphatic rings. The fraction of sp³-hybridized carbons (Fsp3) is 0.333. The van der Waals surface area contributed by atoms with Crippen molar-refractivity contribution >= 4 is 29.0 Å². The minimum atomic E-state index is -0.435. The third-order valence-electron chi connectivity index (χ3n) is 4.18. The molecule has 132 valence electrons. The Hall–Kier alpha value is -2.54. The van der Waals surface area contributed by atoms with Crippen molar-refractivity contribution in [2.24, 2.45) is 0 Å². The molecule has 0 unspecified atom stereocenters. The zero-order chi connectivity index (χ0) is 17.6. The molecule has 1 aliphatic heterocycles. The molecule has 0 bridgehead atoms. The summed E-state index contributed by atoms with van der Waals surface area (Å²) in [5.41, 5.74) is 0.597. The first-order chi connectivity index (χ1) is 12.2. The predicted octanol–water partition coefficient (Wildman–Crippen LogP) is 3.07. The Kier molecular flexibility index (Phi) is 5.55. The molecule has 1 fully saturated rings. The highest BCUT2D eigenvalue weighted by molar-refractivity contribution is 7.09. The van der Waals surface area contributed by atoms with Crippen LogP contribution in [0.2, 0.25) is 0 Å². The van der Waals surface area contributed by atoms with E-state index >= 15 is 0 Å². The van der Waals surface area contributed by atoms with Crippen molar-refractivity contribution in [1.29, 1.82) is 0 Å². The number of ether oxygens (including phenoxy) is 1. The molecule has 1 aromatic heterocycles. The Labute approximate surface area is 150 Å². The van der Waals surface area contributed by atoms with Gasteiger partial charge in [0.25, 0.3) is 0 Å². The topological polar surface area (TPSA) is 70.7 Å². The number of nitrogens with zero attached hydrogens (tertiary/aromatic N) is 1. The number of benzene rings is 1. The summed E-state index contributed by atoms with van der Waals surface area (Å²) in [7, 11) is 1.56. The second-order valence-corrected chi connectivity index (χ2v) is 6.81. The van der Waals surface area contributed by atoms with Gasteiger partial charge < -0.3 is 20.3 Å². The quantitative estimate of drug-likeness (QED) is 0.862. The van der Waals surface area contributed by atoms with Crippen LogP contribution in [-0.2, 0) is 11.3 Å². The Morgan fingerprint density at radius 3 is 2.88 bits per heavy atom. The van der Waals surface area contributed by atoms with Gasteiger partial charge >= 0.3 is 6.03 Å². The van der Waals surface area contributed by atoms with Gasteiger partial charge in [0.15, 0.2) is 0 Å². The number of methoxy groups -OCH3 is 1. The number of hydrogen-bond acceptors (Lipinski definition) is 4. The number of hydrogen-bond donors (Lipinski definition) is 2. The van der Waals surface area contributed by atoms with Gasteiger partial charge in [0, 0.05) is 11.4 Å². The smallest absolute Gasteiger partial charge is 0.322 e. The number of nitrogens with one attached hydrogen (secondary N) is 2. The number of thiophene rings is 1. The molecular formula is C18H21N3O3S. The van der Waals surface area contributed by atoms with Crippen LogP contribution in [0, 0.1) is 0 Å². The van der Waals surface area contributed by atoms with E-state index in [4.69, 9.17) is 4.74 Å². The van der Waals surface area contributed by atoms with Crippen LogP contribution in [0.25, 0.3) is 0 Å². The molecule has 3 rings (SSSR count). The van der Waals surface area contributed by atoms with E-state index in [9.17, 15) is 9.59 Å². The minimum absolute atomic E-state index is 0.110. The van der Waals surface area contributed by atoms with Gasteiger partial charge in [-0.3, -0.25) is 4.79 Å². The van der Waals surface area contributed by atoms with Crippen LogP contribution >= 0.6 is 11.3 Å². The van der Waals surface area contributed by atoms with Gasteiger partial charge in [-0.1, -0.05) is 18.2 Å². The summed E-state index contributed by atoms with van der Waals surface area (Å²) in [5.74, 6) is 0.481. The second-order valence-electron chi connectivity index (χ2n) is 5.78. The molecule has 0 aliphatic carbocycles. The van der Waals surface area contributed by atoms with Crippen LogP contribution in [0.5, 0.6) is 5.75 Å². The van der Waals surface area contributed by atoms with E-state index in [-0.39, 0.29) is 11.9 Å². The normalized spacial score (nSPS) is 16.5. The van der Waals surface area contributed by atoms with Crippen molar-refractivity contribution in [3.63, 3.8) is 0 Å². The molecule has 0 saturated carbocycles. The fourth-order valence-electron chi connectivity index (χ4n) is 2.92. The first-order valence-corrected chi connectivity index (χ1v) is 9.07. The number of likely N-dealkylation sites (tertiary alicyclic amines) is 1. The van der Waals surface area contributed by atoms with E-state index in [1.165, 1.54) is 0 Å². The van der Waals surface area contributed by atoms with Crippen LogP contribution in [0.1, 0.15) is 17.7 Å². The Morgan fingerprint density at radius 1 is 1.28 bits per heavy atom. The molecule has 2 N–H and O–H groups in total. The van der Waals surface area contributed by atoms with Gasteiger partial charge in [0.2, 0.25) is 5.91 Å². The minimum Gasteiger partial charge on any atom is -0.495 e. The van der Waals surface area contributed by atoms with Gasteiger partial charge in [0.05, 0.1) is 19.3 Å². The van der Waals surface area contributed by atoms with Crippen molar-refractivity contribution in [2.45, 2.75) is 25.4 Å². The zero-order valence-corrected chi connectivity index (χ0v) is 14.8. The third kappa shape index (κ3) is 4.11. The van der Waals surface area contributed by atoms with Crippen LogP contribution in [0.15, 0.2) is 41.8 Å². The van der Waals surface area contributed by atoms with Gasteiger partial charge in [-0.2, -0.15) is 0 Å². The maximum atomic E-state index is 12.6. The molecule has 3 amide bonds. The molecule has 2 heterocycles. The predicted molar refractivity (Wildman–Crippen MR) is 97.9 cm³/mol. The van der Waals surface area contributed by atoms with E-state index in [2.05, 4.69) is 10.6 Å². The van der Waals surface area contributed by atoms with Crippen molar-refractivity contribution in [2.75, 3.05) is 19.0 Å². The van der Waals surface area contributed by atoms with Crippen molar-refractivity contribution in [3.05, 3.63) is 46.7 Å². The average Bonchev–Trinajstić information content (AvgIpc) is 3.31. The largest absolute Gasteiger partial charge is 0.495 e. The second kappa shape index (κ2) is 8.02. The first-order valence-electron chi connectivity index (χ1n) is 8.20. The van der Waals surface area contributed by atoms with E-state index in [0.717, 1.165) is 11.3 Å². The van der Waals surface area contributed by atoms with Gasteiger partial charge in [0.1, 0.15) is 11.8 Å². The van der Waals surface area contributed by atoms with Gasteiger partial charge in [-0.25, -0.2) is 4.79 Å². The van der Waals surface area contributed by atoms with Crippen LogP contribution in [0.4, 0.5) is 10.5 Å². The van der Waals surface area contributed by atoms with E-state index < -0.39 is 6.04 Å². The van der Waals surface area contributed by atoms with E-state index in [1.54, 1.807) is 35.5 Å². The fourth-order valence-corrected chi connectivity index (χ4v) is 3.57. The van der Waals surface area contributed by atoms with Crippen LogP contribution in [-0.4, -0.2) is 36.5 Å². The highest BCUT2D eigenvalue weighted by Gasteiger charge is 2.34. The van der Waals surface area contributed by atoms with Gasteiger partial charge in [-0.05, 0) is 36.4 Å². The zero-order valence-electron chi connectivity index (χ0n) is 14.0. The lowest BCUT2D eigenvalue weighted by molar-refractivity contribution is -0.124. The standard InChI is InChI=1S/C18H21N3O3S/c1-24-16-9-3-2-7-14(16)20-18(23)21-10-4-8-15(21)17(22)19-12-13-6-5-11-25-13/h2-3,5-7,9,11,15H,4,8,10,12H2,1H3,(H,19,22)(H,20,23)/t15-/m1/s1. The van der Waals surface area contributed by atoms with Crippen LogP contribution < -0.4 is 15.4 Å². The Morgan fingerprint density at radius 2 is 2.12 bits per heavy atom. The molecule has 25 heavy (non-hydrogen) atoms. The number of amides is 3. The maximum absolute atomic E-state index is 12.6. The number of rotatable bonds is 5. The average molecular weight is 359 g/mol. The van der Waals surface area contributed by atoms with Crippen molar-refractivity contribution < 1.29 is 14.3 Å². The molecular weight excluding hydrogens is 338 g/mol. The van der Waals surface area contributed by atoms with Gasteiger partial charge in [-0.15, -0.1) is 11.3 Å². The lowest BCUT2D eigenvalue weighted by Crippen LogP contribution is -2.47. The Balaban J connectivity index is 1.62. The highest BCUT2D eigenvalue weighted by atomic mass is 32.1. The maximum Gasteiger partial charge on any atom is 0.322 e. The number of para-hydroxylation sites is 2. The summed E-state index contributed by atoms with van der Waals surface area (Å²) in [6.45, 7) is 1.06. The molecule has 7 heteroatoms. The SMILES string of the molecule is COc1ccccc1NC(=O)N1CCC[C@@H]1C(=O)NCc1cccs1. The summed E-state index contributed by atoms with van der Waals surface area (Å²) in [5, 5.41) is 7.74. The molecule has 6 nitrogen and oxygen atoms in total. The number of carbonyl (C=O) groups is 2. The molecule has 0 spiro atoms. The summed E-state index contributed by atoms with van der Waals surface area (Å²) in [4.78, 5) is 27.8. The number of urea groups is 1. The summed E-state index contributed by atoms with van der Waals surface area (Å²) < 4.78 is 5.25. The molecule has 2 aromatic rings. The first kappa shape index (κ1) is 17.3. The van der Waals surface area contributed by atoms with Crippen molar-refractivity contribution in [1.82, 2.24) is 10.2 Å². The van der Waals surface area contributed by atoms with Crippen LogP contribution in [0.3, 0.4) is 0 Å². The third-order valence-corrected chi connectivity index (χ3v) is 5.06. The van der Waals surface area contributed by atoms with Crippen molar-refractivity contribution in [3.8, 4) is 5.75 Å². The molecule has 0 radical (unpaired) electrons. The summed E-state index contributed by atoms with van der Waals surface area (Å²) in [6.07, 6.45) is 1.49. The number of anilines is 1. The molecule has 1 aromatic carbocycles. The van der Waals surface area contributed by atoms with E-state index in [0.29, 0.717) is 30.9 Å². The Bertz CT molecular complexity index is 733. The lowest BCUT2D eigenvalue weighted by Gasteiger charge is -2.24. The monoisotopic (exact) mass is 359 g/mol. The lowest BCUT2D eigenvalue weighted by atomic mass is 10.2. The highest BCUT2D eigenvalue weighted by Crippen LogP contribution is 2.25. The molecule has 1 saturated heterocycles. The summed E-state index contributed by atoms with van der Waals surface area (Å²) in [6, 6.07) is 10.4. The van der Waals surface area contributed by atoms with E-state index in [1.807, 2.05) is 29.6 Å².